The number of esters is 1. The molecule has 0 saturated heterocycles. The van der Waals surface area contributed by atoms with Gasteiger partial charge in [0, 0.05) is 6.42 Å². The van der Waals surface area contributed by atoms with Gasteiger partial charge >= 0.3 is 5.97 Å². The van der Waals surface area contributed by atoms with Gasteiger partial charge in [0.1, 0.15) is 0 Å². The van der Waals surface area contributed by atoms with Crippen LogP contribution in [0.5, 0.6) is 0 Å². The van der Waals surface area contributed by atoms with E-state index in [9.17, 15) is 9.59 Å². The van der Waals surface area contributed by atoms with E-state index in [-0.39, 0.29) is 11.4 Å². The summed E-state index contributed by atoms with van der Waals surface area (Å²) >= 11 is 0. The minimum atomic E-state index is -0.514. The van der Waals surface area contributed by atoms with Gasteiger partial charge in [-0.15, -0.1) is 0 Å². The monoisotopic (exact) mass is 208 g/mol. The largest absolute Gasteiger partial charge is 0.465 e. The second kappa shape index (κ2) is 5.49. The Morgan fingerprint density at radius 1 is 1.27 bits per heavy atom. The summed E-state index contributed by atoms with van der Waals surface area (Å²) in [5.41, 5.74) is 1.48. The minimum Gasteiger partial charge on any atom is -0.465 e. The van der Waals surface area contributed by atoms with E-state index in [1.165, 1.54) is 12.7 Å². The summed E-state index contributed by atoms with van der Waals surface area (Å²) in [5, 5.41) is 0. The lowest BCUT2D eigenvalue weighted by atomic mass is 10.1. The number of carbonyl (C=O) groups excluding carboxylic acids is 2. The Hall–Kier alpha value is -1.38. The van der Waals surface area contributed by atoms with E-state index in [0.29, 0.717) is 12.8 Å². The van der Waals surface area contributed by atoms with Gasteiger partial charge in [-0.25, -0.2) is 4.79 Å². The van der Waals surface area contributed by atoms with Gasteiger partial charge in [0.05, 0.1) is 12.7 Å². The Bertz CT molecular complexity index is 324. The highest BCUT2D eigenvalue weighted by Gasteiger charge is 2.18. The fraction of sp³-hybridized carbons (Fsp3) is 0.500. The number of ketones is 1. The Labute approximate surface area is 89.8 Å². The molecule has 3 nitrogen and oxygen atoms in total. The first-order chi connectivity index (χ1) is 7.15. The topological polar surface area (TPSA) is 43.4 Å². The molecular formula is C12H16O3. The average Bonchev–Trinajstić information content (AvgIpc) is 2.29. The number of rotatable bonds is 1. The van der Waals surface area contributed by atoms with Gasteiger partial charge in [-0.3, -0.25) is 4.79 Å². The molecule has 0 saturated carbocycles. The summed E-state index contributed by atoms with van der Waals surface area (Å²) in [4.78, 5) is 22.9. The number of carbonyl (C=O) groups is 2. The molecule has 0 N–H and O–H groups in total. The number of allylic oxidation sites excluding steroid dienone is 3. The first-order valence-corrected chi connectivity index (χ1v) is 5.12. The van der Waals surface area contributed by atoms with E-state index in [2.05, 4.69) is 10.8 Å². The number of Topliss-reactive ketones (excluding diaryl/α,β-unsaturated/α-hetero) is 1. The van der Waals surface area contributed by atoms with Crippen LogP contribution in [-0.2, 0) is 14.3 Å². The highest BCUT2D eigenvalue weighted by Crippen LogP contribution is 2.15. The van der Waals surface area contributed by atoms with Crippen LogP contribution in [0.4, 0.5) is 0 Å². The van der Waals surface area contributed by atoms with Gasteiger partial charge in [-0.05, 0) is 26.2 Å². The fourth-order valence-corrected chi connectivity index (χ4v) is 1.55. The molecule has 0 aliphatic heterocycles. The van der Waals surface area contributed by atoms with Gasteiger partial charge in [0.15, 0.2) is 5.78 Å². The smallest absolute Gasteiger partial charge is 0.341 e. The zero-order valence-corrected chi connectivity index (χ0v) is 9.21. The quantitative estimate of drug-likeness (QED) is 0.377. The zero-order valence-electron chi connectivity index (χ0n) is 9.21. The summed E-state index contributed by atoms with van der Waals surface area (Å²) in [6, 6.07) is 0. The Kier molecular flexibility index (Phi) is 4.28. The van der Waals surface area contributed by atoms with Crippen LogP contribution < -0.4 is 0 Å². The van der Waals surface area contributed by atoms with E-state index in [1.807, 2.05) is 6.92 Å². The molecule has 0 bridgehead atoms. The highest BCUT2D eigenvalue weighted by atomic mass is 16.5. The van der Waals surface area contributed by atoms with Crippen LogP contribution in [0, 0.1) is 0 Å². The molecule has 0 unspecified atom stereocenters. The molecule has 15 heavy (non-hydrogen) atoms. The molecular weight excluding hydrogens is 192 g/mol. The van der Waals surface area contributed by atoms with E-state index >= 15 is 0 Å². The van der Waals surface area contributed by atoms with Crippen molar-refractivity contribution in [3.63, 3.8) is 0 Å². The lowest BCUT2D eigenvalue weighted by Crippen LogP contribution is -2.14. The van der Waals surface area contributed by atoms with E-state index in [1.54, 1.807) is 6.08 Å². The van der Waals surface area contributed by atoms with Gasteiger partial charge in [-0.2, -0.15) is 0 Å². The van der Waals surface area contributed by atoms with Gasteiger partial charge < -0.3 is 4.74 Å². The van der Waals surface area contributed by atoms with Crippen molar-refractivity contribution < 1.29 is 14.3 Å². The predicted octanol–water partition coefficient (Wildman–Crippen LogP) is 2.18. The van der Waals surface area contributed by atoms with E-state index < -0.39 is 5.97 Å². The molecule has 0 aromatic heterocycles. The maximum Gasteiger partial charge on any atom is 0.341 e. The van der Waals surface area contributed by atoms with Crippen molar-refractivity contribution in [1.29, 1.82) is 0 Å². The molecule has 1 rings (SSSR count). The van der Waals surface area contributed by atoms with Crippen LogP contribution in [0.15, 0.2) is 23.3 Å². The standard InChI is InChI=1S/C12H16O3/c1-9-5-3-7-10(12(14)15-2)11(13)8-4-6-9/h6-7H,3-5,8H2,1-2H3. The van der Waals surface area contributed by atoms with Crippen LogP contribution in [-0.4, -0.2) is 18.9 Å². The molecule has 0 radical (unpaired) electrons. The van der Waals surface area contributed by atoms with Crippen molar-refractivity contribution in [3.8, 4) is 0 Å². The Morgan fingerprint density at radius 3 is 2.60 bits per heavy atom. The van der Waals surface area contributed by atoms with Crippen molar-refractivity contribution >= 4 is 11.8 Å². The van der Waals surface area contributed by atoms with Crippen LogP contribution in [0.2, 0.25) is 0 Å². The number of methoxy groups -OCH3 is 1. The lowest BCUT2D eigenvalue weighted by molar-refractivity contribution is -0.137. The van der Waals surface area contributed by atoms with Crippen molar-refractivity contribution in [2.75, 3.05) is 7.11 Å². The molecule has 0 spiro atoms. The molecule has 0 atom stereocenters. The summed E-state index contributed by atoms with van der Waals surface area (Å²) in [6.07, 6.45) is 6.46. The van der Waals surface area contributed by atoms with Crippen molar-refractivity contribution in [1.82, 2.24) is 0 Å². The third-order valence-corrected chi connectivity index (χ3v) is 2.46. The molecule has 0 aromatic carbocycles. The van der Waals surface area contributed by atoms with Crippen LogP contribution in [0.25, 0.3) is 0 Å². The van der Waals surface area contributed by atoms with Crippen LogP contribution >= 0.6 is 0 Å². The van der Waals surface area contributed by atoms with E-state index in [0.717, 1.165) is 12.8 Å². The van der Waals surface area contributed by atoms with Gasteiger partial charge in [0.25, 0.3) is 0 Å². The number of ether oxygens (including phenoxy) is 1. The molecule has 82 valence electrons. The molecule has 0 heterocycles. The first kappa shape index (κ1) is 11.7. The summed E-state index contributed by atoms with van der Waals surface area (Å²) in [5.74, 6) is -0.632. The van der Waals surface area contributed by atoms with E-state index in [4.69, 9.17) is 0 Å². The van der Waals surface area contributed by atoms with Crippen molar-refractivity contribution in [2.45, 2.75) is 32.6 Å². The van der Waals surface area contributed by atoms with Gasteiger partial charge in [0.2, 0.25) is 0 Å². The third-order valence-electron chi connectivity index (χ3n) is 2.46. The fourth-order valence-electron chi connectivity index (χ4n) is 1.55. The van der Waals surface area contributed by atoms with Crippen LogP contribution in [0.3, 0.4) is 0 Å². The molecule has 1 aliphatic rings. The summed E-state index contributed by atoms with van der Waals surface area (Å²) in [7, 11) is 1.30. The zero-order chi connectivity index (χ0) is 11.3. The highest BCUT2D eigenvalue weighted by molar-refractivity contribution is 6.17. The summed E-state index contributed by atoms with van der Waals surface area (Å²) in [6.45, 7) is 2.04. The summed E-state index contributed by atoms with van der Waals surface area (Å²) < 4.78 is 4.58. The number of hydrogen-bond donors (Lipinski definition) is 0. The minimum absolute atomic E-state index is 0.118. The number of hydrogen-bond acceptors (Lipinski definition) is 3. The second-order valence-electron chi connectivity index (χ2n) is 3.66. The molecule has 0 amide bonds. The Balaban J connectivity index is 2.82. The van der Waals surface area contributed by atoms with Crippen LogP contribution in [0.1, 0.15) is 32.6 Å². The van der Waals surface area contributed by atoms with Gasteiger partial charge in [-0.1, -0.05) is 17.7 Å². The average molecular weight is 208 g/mol. The van der Waals surface area contributed by atoms with Crippen molar-refractivity contribution in [3.05, 3.63) is 23.3 Å². The normalized spacial score (nSPS) is 18.1. The molecule has 1 aliphatic carbocycles. The Morgan fingerprint density at radius 2 is 1.93 bits per heavy atom. The first-order valence-electron chi connectivity index (χ1n) is 5.12. The second-order valence-corrected chi connectivity index (χ2v) is 3.66. The maximum absolute atomic E-state index is 11.6. The third kappa shape index (κ3) is 3.35. The molecule has 3 heteroatoms. The predicted molar refractivity (Wildman–Crippen MR) is 57.3 cm³/mol. The van der Waals surface area contributed by atoms with Crippen molar-refractivity contribution in [2.24, 2.45) is 0 Å². The molecule has 0 fully saturated rings. The molecule has 0 aromatic rings. The maximum atomic E-state index is 11.6. The lowest BCUT2D eigenvalue weighted by Gasteiger charge is -2.02. The SMILES string of the molecule is COC(=O)C1=CCCC(C)=CCCC1=O.